The van der Waals surface area contributed by atoms with E-state index in [0.29, 0.717) is 22.0 Å². The third-order valence-corrected chi connectivity index (χ3v) is 4.79. The second kappa shape index (κ2) is 7.89. The van der Waals surface area contributed by atoms with E-state index in [1.54, 1.807) is 24.3 Å². The van der Waals surface area contributed by atoms with Crippen LogP contribution in [-0.4, -0.2) is 20.6 Å². The summed E-state index contributed by atoms with van der Waals surface area (Å²) in [6.07, 6.45) is 2.20. The molecular weight excluding hydrogens is 392 g/mol. The van der Waals surface area contributed by atoms with Crippen molar-refractivity contribution in [3.8, 4) is 11.3 Å². The summed E-state index contributed by atoms with van der Waals surface area (Å²) in [7, 11) is 0. The summed E-state index contributed by atoms with van der Waals surface area (Å²) in [5.74, 6) is -0.331. The molecule has 1 N–H and O–H groups in total. The van der Waals surface area contributed by atoms with Crippen LogP contribution in [0.5, 0.6) is 0 Å². The Labute approximate surface area is 170 Å². The second-order valence-electron chi connectivity index (χ2n) is 6.49. The molecule has 4 rings (SSSR count). The van der Waals surface area contributed by atoms with E-state index in [-0.39, 0.29) is 23.6 Å². The maximum absolute atomic E-state index is 12.9. The van der Waals surface area contributed by atoms with Gasteiger partial charge in [-0.3, -0.25) is 14.2 Å². The molecule has 1 amide bonds. The smallest absolute Gasteiger partial charge is 0.267 e. The number of aromatic nitrogens is 3. The molecule has 0 radical (unpaired) electrons. The van der Waals surface area contributed by atoms with E-state index in [9.17, 15) is 9.59 Å². The van der Waals surface area contributed by atoms with Gasteiger partial charge in [-0.05, 0) is 36.2 Å². The van der Waals surface area contributed by atoms with Crippen molar-refractivity contribution in [3.63, 3.8) is 0 Å². The van der Waals surface area contributed by atoms with Crippen LogP contribution in [0.4, 0.5) is 5.69 Å². The van der Waals surface area contributed by atoms with Crippen LogP contribution in [0.3, 0.4) is 0 Å². The quantitative estimate of drug-likeness (QED) is 0.540. The number of nitrogens with zero attached hydrogens (tertiary/aromatic N) is 3. The van der Waals surface area contributed by atoms with Gasteiger partial charge in [-0.2, -0.15) is 0 Å². The molecule has 8 heteroatoms. The highest BCUT2D eigenvalue weighted by molar-refractivity contribution is 6.30. The fourth-order valence-electron chi connectivity index (χ4n) is 2.98. The van der Waals surface area contributed by atoms with Crippen molar-refractivity contribution in [2.45, 2.75) is 19.9 Å². The highest BCUT2D eigenvalue weighted by Crippen LogP contribution is 2.25. The average Bonchev–Trinajstić information content (AvgIpc) is 3.16. The molecule has 0 aliphatic carbocycles. The van der Waals surface area contributed by atoms with Crippen molar-refractivity contribution in [2.24, 2.45) is 0 Å². The first-order valence-electron chi connectivity index (χ1n) is 9.04. The summed E-state index contributed by atoms with van der Waals surface area (Å²) in [4.78, 5) is 29.5. The lowest BCUT2D eigenvalue weighted by Gasteiger charge is -2.08. The summed E-state index contributed by atoms with van der Waals surface area (Å²) < 4.78 is 6.41. The Morgan fingerprint density at radius 2 is 1.86 bits per heavy atom. The second-order valence-corrected chi connectivity index (χ2v) is 6.93. The molecule has 0 fully saturated rings. The van der Waals surface area contributed by atoms with Crippen molar-refractivity contribution < 1.29 is 9.32 Å². The van der Waals surface area contributed by atoms with Crippen molar-refractivity contribution in [3.05, 3.63) is 75.8 Å². The van der Waals surface area contributed by atoms with Crippen molar-refractivity contribution in [1.82, 2.24) is 14.7 Å². The van der Waals surface area contributed by atoms with Gasteiger partial charge >= 0.3 is 0 Å². The number of carbonyl (C=O) groups excluding carboxylic acids is 1. The largest absolute Gasteiger partial charge is 0.335 e. The zero-order valence-corrected chi connectivity index (χ0v) is 16.3. The predicted molar refractivity (Wildman–Crippen MR) is 111 cm³/mol. The van der Waals surface area contributed by atoms with E-state index in [4.69, 9.17) is 16.1 Å². The highest BCUT2D eigenvalue weighted by atomic mass is 35.5. The third kappa shape index (κ3) is 3.90. The van der Waals surface area contributed by atoms with Crippen LogP contribution in [-0.2, 0) is 17.8 Å². The van der Waals surface area contributed by atoms with Crippen molar-refractivity contribution in [1.29, 1.82) is 0 Å². The van der Waals surface area contributed by atoms with Gasteiger partial charge in [-0.15, -0.1) is 0 Å². The molecule has 2 aromatic heterocycles. The predicted octanol–water partition coefficient (Wildman–Crippen LogP) is 3.91. The molecule has 0 saturated heterocycles. The first-order valence-corrected chi connectivity index (χ1v) is 9.42. The molecule has 29 heavy (non-hydrogen) atoms. The Hall–Kier alpha value is -3.45. The van der Waals surface area contributed by atoms with Crippen LogP contribution in [0.25, 0.3) is 22.4 Å². The van der Waals surface area contributed by atoms with Gasteiger partial charge in [0, 0.05) is 16.3 Å². The van der Waals surface area contributed by atoms with E-state index < -0.39 is 5.56 Å². The van der Waals surface area contributed by atoms with Crippen LogP contribution in [0, 0.1) is 0 Å². The maximum Gasteiger partial charge on any atom is 0.267 e. The molecule has 0 unspecified atom stereocenters. The molecule has 4 aromatic rings. The zero-order chi connectivity index (χ0) is 20.4. The normalized spacial score (nSPS) is 11.0. The van der Waals surface area contributed by atoms with Crippen LogP contribution in [0.2, 0.25) is 5.02 Å². The van der Waals surface area contributed by atoms with E-state index in [1.807, 2.05) is 24.3 Å². The minimum Gasteiger partial charge on any atom is -0.335 e. The topological polar surface area (TPSA) is 90.0 Å². The fourth-order valence-corrected chi connectivity index (χ4v) is 3.10. The number of fused-ring (bicyclic) bond motifs is 1. The summed E-state index contributed by atoms with van der Waals surface area (Å²) in [5, 5.41) is 7.54. The lowest BCUT2D eigenvalue weighted by Crippen LogP contribution is -2.27. The lowest BCUT2D eigenvalue weighted by atomic mass is 10.1. The Bertz CT molecular complexity index is 1230. The summed E-state index contributed by atoms with van der Waals surface area (Å²) >= 11 is 5.92. The number of carbonyl (C=O) groups is 1. The Morgan fingerprint density at radius 3 is 2.55 bits per heavy atom. The molecule has 146 valence electrons. The van der Waals surface area contributed by atoms with Crippen LogP contribution in [0.1, 0.15) is 12.5 Å². The molecule has 0 aliphatic rings. The van der Waals surface area contributed by atoms with Crippen molar-refractivity contribution in [2.75, 3.05) is 5.32 Å². The number of amides is 1. The molecule has 0 spiro atoms. The maximum atomic E-state index is 12.9. The number of hydrogen-bond donors (Lipinski definition) is 1. The lowest BCUT2D eigenvalue weighted by molar-refractivity contribution is -0.116. The standard InChI is InChI=1S/C21H17ClN4O3/c1-2-13-3-9-16(10-4-13)24-17(27)11-26-12-23-20-18(21(26)28)19(25-29-20)14-5-7-15(22)8-6-14/h3-10,12H,2,11H2,1H3,(H,24,27). The highest BCUT2D eigenvalue weighted by Gasteiger charge is 2.18. The Balaban J connectivity index is 1.61. The van der Waals surface area contributed by atoms with Gasteiger partial charge in [0.1, 0.15) is 24.0 Å². The summed E-state index contributed by atoms with van der Waals surface area (Å²) in [5.41, 5.74) is 2.59. The van der Waals surface area contributed by atoms with Gasteiger partial charge in [0.25, 0.3) is 11.3 Å². The Kier molecular flexibility index (Phi) is 5.14. The van der Waals surface area contributed by atoms with Crippen LogP contribution in [0.15, 0.2) is 64.2 Å². The molecule has 0 atom stereocenters. The van der Waals surface area contributed by atoms with E-state index in [2.05, 4.69) is 22.4 Å². The number of halogens is 1. The van der Waals surface area contributed by atoms with Crippen LogP contribution < -0.4 is 10.9 Å². The average molecular weight is 409 g/mol. The number of aryl methyl sites for hydroxylation is 1. The van der Waals surface area contributed by atoms with E-state index in [0.717, 1.165) is 6.42 Å². The summed E-state index contributed by atoms with van der Waals surface area (Å²) in [6.45, 7) is 1.88. The number of benzene rings is 2. The Morgan fingerprint density at radius 1 is 1.14 bits per heavy atom. The van der Waals surface area contributed by atoms with Gasteiger partial charge in [-0.1, -0.05) is 47.9 Å². The first kappa shape index (κ1) is 18.9. The molecule has 0 aliphatic heterocycles. The van der Waals surface area contributed by atoms with Crippen LogP contribution >= 0.6 is 11.6 Å². The number of rotatable bonds is 5. The van der Waals surface area contributed by atoms with Gasteiger partial charge < -0.3 is 9.84 Å². The van der Waals surface area contributed by atoms with Gasteiger partial charge in [0.2, 0.25) is 5.91 Å². The molecule has 2 aromatic carbocycles. The molecule has 2 heterocycles. The molecular formula is C21H17ClN4O3. The van der Waals surface area contributed by atoms with E-state index in [1.165, 1.54) is 16.5 Å². The summed E-state index contributed by atoms with van der Waals surface area (Å²) in [6, 6.07) is 14.4. The molecule has 0 bridgehead atoms. The number of nitrogens with one attached hydrogen (secondary N) is 1. The molecule has 0 saturated carbocycles. The van der Waals surface area contributed by atoms with Gasteiger partial charge in [0.15, 0.2) is 0 Å². The molecule has 7 nitrogen and oxygen atoms in total. The number of anilines is 1. The van der Waals surface area contributed by atoms with E-state index >= 15 is 0 Å². The third-order valence-electron chi connectivity index (χ3n) is 4.54. The van der Waals surface area contributed by atoms with Crippen molar-refractivity contribution >= 4 is 34.3 Å². The SMILES string of the molecule is CCc1ccc(NC(=O)Cn2cnc3onc(-c4ccc(Cl)cc4)c3c2=O)cc1. The fraction of sp³-hybridized carbons (Fsp3) is 0.143. The monoisotopic (exact) mass is 408 g/mol. The zero-order valence-electron chi connectivity index (χ0n) is 15.6. The van der Waals surface area contributed by atoms with Gasteiger partial charge in [-0.25, -0.2) is 4.98 Å². The number of hydrogen-bond acceptors (Lipinski definition) is 5. The first-order chi connectivity index (χ1) is 14.0. The minimum absolute atomic E-state index is 0.117. The van der Waals surface area contributed by atoms with Gasteiger partial charge in [0.05, 0.1) is 0 Å². The minimum atomic E-state index is -0.405.